The van der Waals surface area contributed by atoms with E-state index in [0.717, 1.165) is 11.3 Å². The van der Waals surface area contributed by atoms with Crippen LogP contribution >= 0.6 is 12.2 Å². The Labute approximate surface area is 144 Å². The van der Waals surface area contributed by atoms with Crippen LogP contribution in [-0.4, -0.2) is 34.1 Å². The molecule has 124 valence electrons. The first-order valence-corrected chi connectivity index (χ1v) is 7.69. The quantitative estimate of drug-likeness (QED) is 0.697. The molecule has 0 fully saturated rings. The molecule has 0 saturated heterocycles. The number of aliphatic hydroxyl groups excluding tert-OH is 1. The maximum absolute atomic E-state index is 10.7. The van der Waals surface area contributed by atoms with Gasteiger partial charge < -0.3 is 14.6 Å². The van der Waals surface area contributed by atoms with E-state index in [2.05, 4.69) is 10.2 Å². The summed E-state index contributed by atoms with van der Waals surface area (Å²) >= 11 is 5.33. The Bertz CT molecular complexity index is 890. The number of aliphatic hydroxyl groups is 1. The van der Waals surface area contributed by atoms with Crippen molar-refractivity contribution in [2.24, 2.45) is 0 Å². The third-order valence-corrected chi connectivity index (χ3v) is 3.96. The van der Waals surface area contributed by atoms with E-state index in [0.29, 0.717) is 22.1 Å². The molecule has 6 nitrogen and oxygen atoms in total. The molecule has 0 aliphatic carbocycles. The standard InChI is InChI=1S/C17H17N3O3S/c1-22-13-9-8-12(10-14(13)23-2)20-16(18-19-17(20)24)15(21)11-6-4-3-5-7-11/h3-10,15,21H,1-2H3,(H,19,24)/t15-/m0/s1. The Hall–Kier alpha value is -2.64. The number of aromatic amines is 1. The minimum Gasteiger partial charge on any atom is -0.493 e. The van der Waals surface area contributed by atoms with E-state index in [-0.39, 0.29) is 0 Å². The number of rotatable bonds is 5. The topological polar surface area (TPSA) is 72.3 Å². The number of hydrogen-bond donors (Lipinski definition) is 2. The van der Waals surface area contributed by atoms with Gasteiger partial charge in [-0.25, -0.2) is 0 Å². The third-order valence-electron chi connectivity index (χ3n) is 3.68. The van der Waals surface area contributed by atoms with E-state index in [1.165, 1.54) is 0 Å². The van der Waals surface area contributed by atoms with Crippen molar-refractivity contribution in [1.82, 2.24) is 14.8 Å². The summed E-state index contributed by atoms with van der Waals surface area (Å²) in [7, 11) is 3.14. The minimum absolute atomic E-state index is 0.382. The molecular weight excluding hydrogens is 326 g/mol. The van der Waals surface area contributed by atoms with E-state index in [1.807, 2.05) is 36.4 Å². The van der Waals surface area contributed by atoms with Gasteiger partial charge in [-0.3, -0.25) is 9.67 Å². The van der Waals surface area contributed by atoms with Gasteiger partial charge in [0.2, 0.25) is 0 Å². The Kier molecular flexibility index (Phi) is 4.64. The predicted octanol–water partition coefficient (Wildman–Crippen LogP) is 3.03. The molecule has 2 aromatic carbocycles. The van der Waals surface area contributed by atoms with Gasteiger partial charge in [0.25, 0.3) is 0 Å². The van der Waals surface area contributed by atoms with Crippen molar-refractivity contribution in [3.8, 4) is 17.2 Å². The van der Waals surface area contributed by atoms with Crippen LogP contribution in [0, 0.1) is 4.77 Å². The molecular formula is C17H17N3O3S. The number of H-pyrrole nitrogens is 1. The van der Waals surface area contributed by atoms with Crippen molar-refractivity contribution in [3.63, 3.8) is 0 Å². The lowest BCUT2D eigenvalue weighted by molar-refractivity contribution is 0.207. The smallest absolute Gasteiger partial charge is 0.199 e. The SMILES string of the molecule is COc1ccc(-n2c([C@@H](O)c3ccccc3)n[nH]c2=S)cc1OC. The van der Waals surface area contributed by atoms with E-state index >= 15 is 0 Å². The van der Waals surface area contributed by atoms with Gasteiger partial charge in [0.05, 0.1) is 19.9 Å². The molecule has 2 N–H and O–H groups in total. The van der Waals surface area contributed by atoms with Crippen LogP contribution < -0.4 is 9.47 Å². The van der Waals surface area contributed by atoms with Crippen molar-refractivity contribution in [2.75, 3.05) is 14.2 Å². The highest BCUT2D eigenvalue weighted by Gasteiger charge is 2.19. The van der Waals surface area contributed by atoms with Crippen molar-refractivity contribution < 1.29 is 14.6 Å². The Morgan fingerprint density at radius 3 is 2.46 bits per heavy atom. The van der Waals surface area contributed by atoms with E-state index in [1.54, 1.807) is 30.9 Å². The van der Waals surface area contributed by atoms with Crippen LogP contribution in [0.3, 0.4) is 0 Å². The van der Waals surface area contributed by atoms with Crippen LogP contribution in [0.4, 0.5) is 0 Å². The first-order valence-electron chi connectivity index (χ1n) is 7.28. The van der Waals surface area contributed by atoms with Gasteiger partial charge in [-0.15, -0.1) is 0 Å². The highest BCUT2D eigenvalue weighted by molar-refractivity contribution is 7.71. The first-order chi connectivity index (χ1) is 11.7. The van der Waals surface area contributed by atoms with E-state index < -0.39 is 6.10 Å². The fourth-order valence-electron chi connectivity index (χ4n) is 2.49. The maximum atomic E-state index is 10.7. The predicted molar refractivity (Wildman–Crippen MR) is 92.4 cm³/mol. The zero-order valence-electron chi connectivity index (χ0n) is 13.3. The van der Waals surface area contributed by atoms with Crippen molar-refractivity contribution in [3.05, 3.63) is 64.7 Å². The molecule has 0 amide bonds. The molecule has 1 atom stereocenters. The van der Waals surface area contributed by atoms with Gasteiger partial charge in [-0.05, 0) is 29.9 Å². The number of ether oxygens (including phenoxy) is 2. The van der Waals surface area contributed by atoms with Crippen molar-refractivity contribution >= 4 is 12.2 Å². The van der Waals surface area contributed by atoms with Crippen LogP contribution in [0.15, 0.2) is 48.5 Å². The molecule has 0 aliphatic heterocycles. The van der Waals surface area contributed by atoms with Gasteiger partial charge in [-0.1, -0.05) is 30.3 Å². The molecule has 0 spiro atoms. The fraction of sp³-hybridized carbons (Fsp3) is 0.176. The molecule has 0 unspecified atom stereocenters. The molecule has 1 aromatic heterocycles. The number of nitrogens with zero attached hydrogens (tertiary/aromatic N) is 2. The Morgan fingerprint density at radius 1 is 1.08 bits per heavy atom. The second-order valence-electron chi connectivity index (χ2n) is 5.07. The summed E-state index contributed by atoms with van der Waals surface area (Å²) in [5, 5.41) is 17.6. The number of hydrogen-bond acceptors (Lipinski definition) is 5. The molecule has 1 heterocycles. The zero-order chi connectivity index (χ0) is 17.1. The number of nitrogens with one attached hydrogen (secondary N) is 1. The maximum Gasteiger partial charge on any atom is 0.199 e. The van der Waals surface area contributed by atoms with Gasteiger partial charge in [0.15, 0.2) is 22.1 Å². The summed E-state index contributed by atoms with van der Waals surface area (Å²) in [6, 6.07) is 14.7. The highest BCUT2D eigenvalue weighted by Crippen LogP contribution is 2.31. The summed E-state index contributed by atoms with van der Waals surface area (Å²) in [6.07, 6.45) is -0.910. The highest BCUT2D eigenvalue weighted by atomic mass is 32.1. The number of benzene rings is 2. The molecule has 0 aliphatic rings. The van der Waals surface area contributed by atoms with Crippen molar-refractivity contribution in [1.29, 1.82) is 0 Å². The normalized spacial score (nSPS) is 12.0. The zero-order valence-corrected chi connectivity index (χ0v) is 14.1. The van der Waals surface area contributed by atoms with Crippen LogP contribution in [0.1, 0.15) is 17.5 Å². The van der Waals surface area contributed by atoms with Crippen LogP contribution in [0.25, 0.3) is 5.69 Å². The summed E-state index contributed by atoms with van der Waals surface area (Å²) in [4.78, 5) is 0. The average molecular weight is 343 g/mol. The monoisotopic (exact) mass is 343 g/mol. The minimum atomic E-state index is -0.910. The van der Waals surface area contributed by atoms with Crippen LogP contribution in [0.2, 0.25) is 0 Å². The van der Waals surface area contributed by atoms with Gasteiger partial charge in [0, 0.05) is 6.07 Å². The average Bonchev–Trinajstić information content (AvgIpc) is 3.02. The lowest BCUT2D eigenvalue weighted by atomic mass is 10.1. The summed E-state index contributed by atoms with van der Waals surface area (Å²) in [6.45, 7) is 0. The number of aromatic nitrogens is 3. The Morgan fingerprint density at radius 2 is 1.79 bits per heavy atom. The summed E-state index contributed by atoms with van der Waals surface area (Å²) < 4.78 is 12.6. The largest absolute Gasteiger partial charge is 0.493 e. The van der Waals surface area contributed by atoms with Crippen LogP contribution in [0.5, 0.6) is 11.5 Å². The molecule has 0 saturated carbocycles. The second-order valence-corrected chi connectivity index (χ2v) is 5.46. The molecule has 24 heavy (non-hydrogen) atoms. The third kappa shape index (κ3) is 2.91. The van der Waals surface area contributed by atoms with Crippen molar-refractivity contribution in [2.45, 2.75) is 6.10 Å². The summed E-state index contributed by atoms with van der Waals surface area (Å²) in [5.74, 6) is 1.58. The van der Waals surface area contributed by atoms with Gasteiger partial charge >= 0.3 is 0 Å². The second kappa shape index (κ2) is 6.86. The Balaban J connectivity index is 2.10. The van der Waals surface area contributed by atoms with Gasteiger partial charge in [0.1, 0.15) is 6.10 Å². The molecule has 3 aromatic rings. The van der Waals surface area contributed by atoms with E-state index in [9.17, 15) is 5.11 Å². The van der Waals surface area contributed by atoms with Crippen LogP contribution in [-0.2, 0) is 0 Å². The van der Waals surface area contributed by atoms with Gasteiger partial charge in [-0.2, -0.15) is 5.10 Å². The molecule has 0 radical (unpaired) electrons. The lowest BCUT2D eigenvalue weighted by Crippen LogP contribution is -2.09. The fourth-order valence-corrected chi connectivity index (χ4v) is 2.74. The molecule has 3 rings (SSSR count). The summed E-state index contributed by atoms with van der Waals surface area (Å²) in [5.41, 5.74) is 1.45. The number of methoxy groups -OCH3 is 2. The van der Waals surface area contributed by atoms with E-state index in [4.69, 9.17) is 21.7 Å². The first kappa shape index (κ1) is 16.2. The lowest BCUT2D eigenvalue weighted by Gasteiger charge is -2.14. The molecule has 7 heteroatoms. The molecule has 0 bridgehead atoms.